The molecule has 1 fully saturated rings. The zero-order valence-corrected chi connectivity index (χ0v) is 16.9. The van der Waals surface area contributed by atoms with Crippen LogP contribution in [0.5, 0.6) is 5.75 Å². The number of anilines is 1. The van der Waals surface area contributed by atoms with Crippen molar-refractivity contribution in [3.8, 4) is 5.75 Å². The summed E-state index contributed by atoms with van der Waals surface area (Å²) in [6, 6.07) is 16.6. The molecule has 31 heavy (non-hydrogen) atoms. The Morgan fingerprint density at radius 1 is 1.13 bits per heavy atom. The Morgan fingerprint density at radius 2 is 2.00 bits per heavy atom. The molecule has 1 saturated heterocycles. The van der Waals surface area contributed by atoms with Gasteiger partial charge in [0.05, 0.1) is 6.26 Å². The normalized spacial score (nSPS) is 15.6. The quantitative estimate of drug-likeness (QED) is 0.617. The fourth-order valence-electron chi connectivity index (χ4n) is 3.80. The molecule has 0 radical (unpaired) electrons. The van der Waals surface area contributed by atoms with Crippen LogP contribution in [0.3, 0.4) is 0 Å². The molecule has 1 aliphatic rings. The Bertz CT molecular complexity index is 1050. The summed E-state index contributed by atoms with van der Waals surface area (Å²) in [6.45, 7) is 0.566. The lowest BCUT2D eigenvalue weighted by atomic mass is 10.0. The summed E-state index contributed by atoms with van der Waals surface area (Å²) >= 11 is 0. The third-order valence-electron chi connectivity index (χ3n) is 5.26. The smallest absolute Gasteiger partial charge is 0.291 e. The fourth-order valence-corrected chi connectivity index (χ4v) is 3.80. The molecule has 7 heteroatoms. The number of ether oxygens (including phenoxy) is 1. The van der Waals surface area contributed by atoms with Crippen LogP contribution in [0.2, 0.25) is 0 Å². The van der Waals surface area contributed by atoms with Crippen molar-refractivity contribution in [2.24, 2.45) is 0 Å². The van der Waals surface area contributed by atoms with Crippen LogP contribution in [0.25, 0.3) is 0 Å². The Hall–Kier alpha value is -3.61. The molecule has 2 heterocycles. The molecule has 6 nitrogen and oxygen atoms in total. The number of nitrogens with one attached hydrogen (secondary N) is 1. The predicted octanol–water partition coefficient (Wildman–Crippen LogP) is 4.28. The van der Waals surface area contributed by atoms with Crippen LogP contribution in [-0.2, 0) is 11.2 Å². The highest BCUT2D eigenvalue weighted by Gasteiger charge is 2.29. The minimum Gasteiger partial charge on any atom is -0.484 e. The van der Waals surface area contributed by atoms with Gasteiger partial charge in [-0.2, -0.15) is 0 Å². The summed E-state index contributed by atoms with van der Waals surface area (Å²) in [5, 5.41) is 2.73. The highest BCUT2D eigenvalue weighted by atomic mass is 19.1. The minimum absolute atomic E-state index is 0.0387. The van der Waals surface area contributed by atoms with E-state index in [-0.39, 0.29) is 36.0 Å². The molecule has 1 aliphatic heterocycles. The topological polar surface area (TPSA) is 71.8 Å². The SMILES string of the molecule is O=C(Nc1cccc(OCC(=O)N2CCCC2Cc2cccc(F)c2)c1)c1ccco1. The van der Waals surface area contributed by atoms with E-state index in [0.29, 0.717) is 24.4 Å². The molecular weight excluding hydrogens is 399 g/mol. The molecule has 0 spiro atoms. The zero-order chi connectivity index (χ0) is 21.6. The zero-order valence-electron chi connectivity index (χ0n) is 16.9. The van der Waals surface area contributed by atoms with E-state index < -0.39 is 0 Å². The van der Waals surface area contributed by atoms with Gasteiger partial charge in [0.1, 0.15) is 11.6 Å². The first-order valence-corrected chi connectivity index (χ1v) is 10.2. The van der Waals surface area contributed by atoms with Crippen molar-refractivity contribution in [3.05, 3.63) is 84.1 Å². The van der Waals surface area contributed by atoms with Gasteiger partial charge in [0.15, 0.2) is 12.4 Å². The second-order valence-corrected chi connectivity index (χ2v) is 7.47. The number of benzene rings is 2. The summed E-state index contributed by atoms with van der Waals surface area (Å²) in [7, 11) is 0. The molecule has 0 saturated carbocycles. The van der Waals surface area contributed by atoms with Crippen LogP contribution < -0.4 is 10.1 Å². The molecule has 2 aromatic carbocycles. The summed E-state index contributed by atoms with van der Waals surface area (Å²) < 4.78 is 24.2. The van der Waals surface area contributed by atoms with Crippen molar-refractivity contribution in [1.29, 1.82) is 0 Å². The Balaban J connectivity index is 1.33. The molecule has 0 aliphatic carbocycles. The first kappa shape index (κ1) is 20.7. The fraction of sp³-hybridized carbons (Fsp3) is 0.250. The van der Waals surface area contributed by atoms with Crippen LogP contribution in [-0.4, -0.2) is 35.9 Å². The summed E-state index contributed by atoms with van der Waals surface area (Å²) in [5.41, 5.74) is 1.42. The number of carbonyl (C=O) groups is 2. The highest BCUT2D eigenvalue weighted by Crippen LogP contribution is 2.23. The largest absolute Gasteiger partial charge is 0.484 e. The number of halogens is 1. The van der Waals surface area contributed by atoms with Gasteiger partial charge < -0.3 is 19.4 Å². The van der Waals surface area contributed by atoms with E-state index in [1.165, 1.54) is 18.4 Å². The van der Waals surface area contributed by atoms with Crippen LogP contribution in [0.1, 0.15) is 29.0 Å². The Morgan fingerprint density at radius 3 is 2.81 bits per heavy atom. The van der Waals surface area contributed by atoms with E-state index in [1.54, 1.807) is 42.5 Å². The second-order valence-electron chi connectivity index (χ2n) is 7.47. The average molecular weight is 422 g/mol. The third kappa shape index (κ3) is 5.31. The molecule has 3 aromatic rings. The number of amides is 2. The lowest BCUT2D eigenvalue weighted by Crippen LogP contribution is -2.39. The number of hydrogen-bond donors (Lipinski definition) is 1. The van der Waals surface area contributed by atoms with Crippen LogP contribution in [0.15, 0.2) is 71.3 Å². The van der Waals surface area contributed by atoms with Gasteiger partial charge >= 0.3 is 0 Å². The maximum atomic E-state index is 13.5. The molecule has 1 unspecified atom stereocenters. The molecule has 2 amide bonds. The van der Waals surface area contributed by atoms with Crippen molar-refractivity contribution in [1.82, 2.24) is 4.90 Å². The van der Waals surface area contributed by atoms with Gasteiger partial charge in [0.25, 0.3) is 11.8 Å². The highest BCUT2D eigenvalue weighted by molar-refractivity contribution is 6.02. The van der Waals surface area contributed by atoms with E-state index in [9.17, 15) is 14.0 Å². The third-order valence-corrected chi connectivity index (χ3v) is 5.26. The Labute approximate surface area is 179 Å². The average Bonchev–Trinajstić information content (AvgIpc) is 3.45. The maximum absolute atomic E-state index is 13.5. The van der Waals surface area contributed by atoms with Crippen molar-refractivity contribution in [2.45, 2.75) is 25.3 Å². The summed E-state index contributed by atoms with van der Waals surface area (Å²) in [4.78, 5) is 26.7. The van der Waals surface area contributed by atoms with Crippen molar-refractivity contribution in [3.63, 3.8) is 0 Å². The van der Waals surface area contributed by atoms with Gasteiger partial charge in [-0.25, -0.2) is 4.39 Å². The minimum atomic E-state index is -0.365. The summed E-state index contributed by atoms with van der Waals surface area (Å²) in [5.74, 6) is -0.0542. The van der Waals surface area contributed by atoms with Gasteiger partial charge in [0, 0.05) is 24.3 Å². The molecule has 1 aromatic heterocycles. The number of nitrogens with zero attached hydrogens (tertiary/aromatic N) is 1. The van der Waals surface area contributed by atoms with Gasteiger partial charge in [-0.1, -0.05) is 18.2 Å². The first-order valence-electron chi connectivity index (χ1n) is 10.2. The van der Waals surface area contributed by atoms with E-state index in [1.807, 2.05) is 11.0 Å². The van der Waals surface area contributed by atoms with Gasteiger partial charge in [-0.3, -0.25) is 9.59 Å². The molecule has 4 rings (SSSR count). The summed E-state index contributed by atoms with van der Waals surface area (Å²) in [6.07, 6.45) is 3.86. The first-order chi connectivity index (χ1) is 15.1. The van der Waals surface area contributed by atoms with E-state index >= 15 is 0 Å². The number of carbonyl (C=O) groups excluding carboxylic acids is 2. The predicted molar refractivity (Wildman–Crippen MR) is 113 cm³/mol. The van der Waals surface area contributed by atoms with Gasteiger partial charge in [-0.05, 0) is 61.2 Å². The van der Waals surface area contributed by atoms with Crippen LogP contribution in [0, 0.1) is 5.82 Å². The van der Waals surface area contributed by atoms with Crippen LogP contribution >= 0.6 is 0 Å². The Kier molecular flexibility index (Phi) is 6.31. The number of hydrogen-bond acceptors (Lipinski definition) is 4. The van der Waals surface area contributed by atoms with Crippen LogP contribution in [0.4, 0.5) is 10.1 Å². The standard InChI is InChI=1S/C24H23FN2O4/c25-18-6-1-5-17(13-18)14-20-8-3-11-27(20)23(28)16-31-21-9-2-7-19(15-21)26-24(29)22-10-4-12-30-22/h1-2,4-7,9-10,12-13,15,20H,3,8,11,14,16H2,(H,26,29). The van der Waals surface area contributed by atoms with E-state index in [4.69, 9.17) is 9.15 Å². The van der Waals surface area contributed by atoms with Crippen molar-refractivity contribution >= 4 is 17.5 Å². The maximum Gasteiger partial charge on any atom is 0.291 e. The van der Waals surface area contributed by atoms with Crippen molar-refractivity contribution in [2.75, 3.05) is 18.5 Å². The molecule has 0 bridgehead atoms. The van der Waals surface area contributed by atoms with Gasteiger partial charge in [-0.15, -0.1) is 0 Å². The monoisotopic (exact) mass is 422 g/mol. The van der Waals surface area contributed by atoms with E-state index in [0.717, 1.165) is 18.4 Å². The lowest BCUT2D eigenvalue weighted by molar-refractivity contribution is -0.134. The molecule has 1 N–H and O–H groups in total. The number of furan rings is 1. The van der Waals surface area contributed by atoms with E-state index in [2.05, 4.69) is 5.32 Å². The molecular formula is C24H23FN2O4. The molecule has 1 atom stereocenters. The van der Waals surface area contributed by atoms with Gasteiger partial charge in [0.2, 0.25) is 0 Å². The number of likely N-dealkylation sites (tertiary alicyclic amines) is 1. The lowest BCUT2D eigenvalue weighted by Gasteiger charge is -2.25. The molecule has 160 valence electrons. The number of rotatable bonds is 7. The second kappa shape index (κ2) is 9.47. The van der Waals surface area contributed by atoms with Crippen molar-refractivity contribution < 1.29 is 23.1 Å².